The number of benzene rings is 1. The summed E-state index contributed by atoms with van der Waals surface area (Å²) in [7, 11) is 0. The van der Waals surface area contributed by atoms with Gasteiger partial charge in [0, 0.05) is 25.7 Å². The van der Waals surface area contributed by atoms with E-state index < -0.39 is 0 Å². The highest BCUT2D eigenvalue weighted by Crippen LogP contribution is 2.20. The predicted octanol–water partition coefficient (Wildman–Crippen LogP) is 2.32. The maximum absolute atomic E-state index is 12.3. The fourth-order valence-electron chi connectivity index (χ4n) is 3.11. The summed E-state index contributed by atoms with van der Waals surface area (Å²) < 4.78 is 5.67. The van der Waals surface area contributed by atoms with Gasteiger partial charge in [-0.05, 0) is 43.2 Å². The van der Waals surface area contributed by atoms with Crippen LogP contribution in [0.25, 0.3) is 0 Å². The van der Waals surface area contributed by atoms with Crippen molar-refractivity contribution in [1.82, 2.24) is 15.2 Å². The molecule has 3 rings (SSSR count). The minimum atomic E-state index is -0.293. The van der Waals surface area contributed by atoms with Gasteiger partial charge in [-0.3, -0.25) is 14.6 Å². The smallest absolute Gasteiger partial charge is 0.225 e. The van der Waals surface area contributed by atoms with E-state index in [1.807, 2.05) is 49.4 Å². The molecule has 0 aliphatic carbocycles. The molecule has 0 spiro atoms. The lowest BCUT2D eigenvalue weighted by Gasteiger charge is -2.16. The van der Waals surface area contributed by atoms with Crippen molar-refractivity contribution < 1.29 is 14.3 Å². The van der Waals surface area contributed by atoms with E-state index in [4.69, 9.17) is 4.74 Å². The lowest BCUT2D eigenvalue weighted by Crippen LogP contribution is -2.34. The second-order valence-corrected chi connectivity index (χ2v) is 6.81. The van der Waals surface area contributed by atoms with Gasteiger partial charge < -0.3 is 15.0 Å². The van der Waals surface area contributed by atoms with Gasteiger partial charge >= 0.3 is 0 Å². The van der Waals surface area contributed by atoms with Gasteiger partial charge in [-0.15, -0.1) is 0 Å². The number of pyridine rings is 1. The average Bonchev–Trinajstić information content (AvgIpc) is 3.03. The van der Waals surface area contributed by atoms with E-state index in [0.717, 1.165) is 23.4 Å². The van der Waals surface area contributed by atoms with Crippen LogP contribution in [0.15, 0.2) is 48.7 Å². The van der Waals surface area contributed by atoms with Crippen molar-refractivity contribution in [1.29, 1.82) is 0 Å². The molecule has 1 atom stereocenters. The SMILES string of the molecule is Cc1cccc(OCCCNC(=O)C2CC(=O)N(Cc3ccccn3)C2)c1. The molecule has 1 N–H and O–H groups in total. The van der Waals surface area contributed by atoms with Crippen LogP contribution in [0.5, 0.6) is 5.75 Å². The summed E-state index contributed by atoms with van der Waals surface area (Å²) >= 11 is 0. The van der Waals surface area contributed by atoms with Crippen LogP contribution in [0.3, 0.4) is 0 Å². The van der Waals surface area contributed by atoms with E-state index in [0.29, 0.717) is 26.2 Å². The van der Waals surface area contributed by atoms with Crippen LogP contribution >= 0.6 is 0 Å². The molecular weight excluding hydrogens is 342 g/mol. The first-order chi connectivity index (χ1) is 13.1. The number of hydrogen-bond donors (Lipinski definition) is 1. The van der Waals surface area contributed by atoms with Crippen LogP contribution < -0.4 is 10.1 Å². The Morgan fingerprint density at radius 2 is 2.19 bits per heavy atom. The van der Waals surface area contributed by atoms with Crippen LogP contribution in [0.1, 0.15) is 24.1 Å². The van der Waals surface area contributed by atoms with E-state index >= 15 is 0 Å². The minimum absolute atomic E-state index is 0.00332. The molecule has 27 heavy (non-hydrogen) atoms. The van der Waals surface area contributed by atoms with Gasteiger partial charge in [-0.2, -0.15) is 0 Å². The highest BCUT2D eigenvalue weighted by molar-refractivity contribution is 5.89. The largest absolute Gasteiger partial charge is 0.494 e. The van der Waals surface area contributed by atoms with Gasteiger partial charge in [0.05, 0.1) is 24.8 Å². The quantitative estimate of drug-likeness (QED) is 0.727. The van der Waals surface area contributed by atoms with Gasteiger partial charge in [-0.1, -0.05) is 18.2 Å². The second kappa shape index (κ2) is 9.16. The maximum atomic E-state index is 12.3. The first-order valence-corrected chi connectivity index (χ1v) is 9.26. The summed E-state index contributed by atoms with van der Waals surface area (Å²) in [6.07, 6.45) is 2.69. The summed E-state index contributed by atoms with van der Waals surface area (Å²) in [5.41, 5.74) is 1.99. The summed E-state index contributed by atoms with van der Waals surface area (Å²) in [5, 5.41) is 2.91. The minimum Gasteiger partial charge on any atom is -0.494 e. The zero-order chi connectivity index (χ0) is 19.1. The summed E-state index contributed by atoms with van der Waals surface area (Å²) in [4.78, 5) is 30.4. The van der Waals surface area contributed by atoms with Gasteiger partial charge in [-0.25, -0.2) is 0 Å². The van der Waals surface area contributed by atoms with Crippen LogP contribution in [0.2, 0.25) is 0 Å². The lowest BCUT2D eigenvalue weighted by molar-refractivity contribution is -0.129. The van der Waals surface area contributed by atoms with E-state index in [-0.39, 0.29) is 24.2 Å². The molecule has 0 saturated carbocycles. The van der Waals surface area contributed by atoms with Crippen molar-refractivity contribution in [2.24, 2.45) is 5.92 Å². The van der Waals surface area contributed by atoms with Crippen LogP contribution in [-0.4, -0.2) is 41.4 Å². The third-order valence-corrected chi connectivity index (χ3v) is 4.54. The Labute approximate surface area is 159 Å². The van der Waals surface area contributed by atoms with E-state index in [1.54, 1.807) is 11.1 Å². The van der Waals surface area contributed by atoms with Gasteiger partial charge in [0.15, 0.2) is 0 Å². The van der Waals surface area contributed by atoms with Gasteiger partial charge in [0.1, 0.15) is 5.75 Å². The Balaban J connectivity index is 1.36. The summed E-state index contributed by atoms with van der Waals surface area (Å²) in [6.45, 7) is 4.00. The Hall–Kier alpha value is -2.89. The van der Waals surface area contributed by atoms with Crippen molar-refractivity contribution >= 4 is 11.8 Å². The van der Waals surface area contributed by atoms with Crippen molar-refractivity contribution in [3.8, 4) is 5.75 Å². The summed E-state index contributed by atoms with van der Waals surface area (Å²) in [6, 6.07) is 13.5. The molecule has 2 amide bonds. The van der Waals surface area contributed by atoms with Crippen LogP contribution in [0, 0.1) is 12.8 Å². The number of likely N-dealkylation sites (tertiary alicyclic amines) is 1. The number of nitrogens with one attached hydrogen (secondary N) is 1. The number of amides is 2. The summed E-state index contributed by atoms with van der Waals surface area (Å²) in [5.74, 6) is 0.484. The lowest BCUT2D eigenvalue weighted by atomic mass is 10.1. The molecule has 2 heterocycles. The Kier molecular flexibility index (Phi) is 6.41. The van der Waals surface area contributed by atoms with E-state index in [1.165, 1.54) is 0 Å². The number of aryl methyl sites for hydroxylation is 1. The monoisotopic (exact) mass is 367 g/mol. The molecule has 0 radical (unpaired) electrons. The third kappa shape index (κ3) is 5.54. The molecule has 1 aliphatic heterocycles. The van der Waals surface area contributed by atoms with Gasteiger partial charge in [0.2, 0.25) is 11.8 Å². The predicted molar refractivity (Wildman–Crippen MR) is 102 cm³/mol. The zero-order valence-electron chi connectivity index (χ0n) is 15.6. The standard InChI is InChI=1S/C21H25N3O3/c1-16-6-4-8-19(12-16)27-11-5-10-23-21(26)17-13-20(25)24(14-17)15-18-7-2-3-9-22-18/h2-4,6-9,12,17H,5,10-11,13-15H2,1H3,(H,23,26). The molecule has 2 aromatic rings. The van der Waals surface area contributed by atoms with Crippen molar-refractivity contribution in [3.63, 3.8) is 0 Å². The molecule has 6 nitrogen and oxygen atoms in total. The van der Waals surface area contributed by atoms with Crippen molar-refractivity contribution in [3.05, 3.63) is 59.9 Å². The number of carbonyl (C=O) groups excluding carboxylic acids is 2. The first kappa shape index (κ1) is 18.9. The zero-order valence-corrected chi connectivity index (χ0v) is 15.6. The molecule has 1 unspecified atom stereocenters. The number of hydrogen-bond acceptors (Lipinski definition) is 4. The number of nitrogens with zero attached hydrogens (tertiary/aromatic N) is 2. The van der Waals surface area contributed by atoms with E-state index in [2.05, 4.69) is 10.3 Å². The molecule has 1 saturated heterocycles. The highest BCUT2D eigenvalue weighted by atomic mass is 16.5. The average molecular weight is 367 g/mol. The van der Waals surface area contributed by atoms with Crippen LogP contribution in [-0.2, 0) is 16.1 Å². The van der Waals surface area contributed by atoms with Crippen LogP contribution in [0.4, 0.5) is 0 Å². The first-order valence-electron chi connectivity index (χ1n) is 9.26. The second-order valence-electron chi connectivity index (χ2n) is 6.81. The Morgan fingerprint density at radius 1 is 1.30 bits per heavy atom. The number of aromatic nitrogens is 1. The molecule has 1 aliphatic rings. The number of ether oxygens (including phenoxy) is 1. The molecule has 1 aromatic carbocycles. The van der Waals surface area contributed by atoms with Gasteiger partial charge in [0.25, 0.3) is 0 Å². The number of carbonyl (C=O) groups is 2. The molecular formula is C21H25N3O3. The fraction of sp³-hybridized carbons (Fsp3) is 0.381. The van der Waals surface area contributed by atoms with E-state index in [9.17, 15) is 9.59 Å². The molecule has 142 valence electrons. The van der Waals surface area contributed by atoms with Crippen molar-refractivity contribution in [2.75, 3.05) is 19.7 Å². The molecule has 1 fully saturated rings. The van der Waals surface area contributed by atoms with Crippen molar-refractivity contribution in [2.45, 2.75) is 26.3 Å². The molecule has 0 bridgehead atoms. The topological polar surface area (TPSA) is 71.5 Å². The molecule has 1 aromatic heterocycles. The molecule has 6 heteroatoms. The Bertz CT molecular complexity index is 779. The number of rotatable bonds is 8. The fourth-order valence-corrected chi connectivity index (χ4v) is 3.11. The highest BCUT2D eigenvalue weighted by Gasteiger charge is 2.34. The Morgan fingerprint density at radius 3 is 2.96 bits per heavy atom. The third-order valence-electron chi connectivity index (χ3n) is 4.54. The maximum Gasteiger partial charge on any atom is 0.225 e. The normalized spacial score (nSPS) is 16.4.